The number of furan rings is 1. The van der Waals surface area contributed by atoms with Crippen LogP contribution in [0.4, 0.5) is 0 Å². The Morgan fingerprint density at radius 3 is 2.74 bits per heavy atom. The molecule has 1 fully saturated rings. The lowest BCUT2D eigenvalue weighted by Gasteiger charge is -2.27. The van der Waals surface area contributed by atoms with Gasteiger partial charge in [0.05, 0.1) is 18.9 Å². The molecule has 2 N–H and O–H groups in total. The van der Waals surface area contributed by atoms with Gasteiger partial charge in [0, 0.05) is 13.2 Å². The molecule has 1 aromatic heterocycles. The molecule has 2 aromatic rings. The van der Waals surface area contributed by atoms with Crippen LogP contribution in [0.15, 0.2) is 53.1 Å². The summed E-state index contributed by atoms with van der Waals surface area (Å²) < 4.78 is 11.1. The molecule has 5 nitrogen and oxygen atoms in total. The van der Waals surface area contributed by atoms with E-state index in [1.54, 1.807) is 11.2 Å². The molecule has 0 unspecified atom stereocenters. The van der Waals surface area contributed by atoms with Crippen LogP contribution >= 0.6 is 0 Å². The molecular weight excluding hydrogens is 292 g/mol. The molecule has 0 spiro atoms. The summed E-state index contributed by atoms with van der Waals surface area (Å²) in [5.74, 6) is 0.639. The normalized spacial score (nSPS) is 18.7. The van der Waals surface area contributed by atoms with Gasteiger partial charge in [-0.1, -0.05) is 30.3 Å². The average molecular weight is 314 g/mol. The first-order valence-corrected chi connectivity index (χ1v) is 7.97. The quantitative estimate of drug-likeness (QED) is 0.889. The summed E-state index contributed by atoms with van der Waals surface area (Å²) in [6, 6.07) is 12.4. The van der Waals surface area contributed by atoms with Gasteiger partial charge >= 0.3 is 0 Å². The van der Waals surface area contributed by atoms with Crippen LogP contribution in [0, 0.1) is 0 Å². The maximum absolute atomic E-state index is 12.9. The van der Waals surface area contributed by atoms with E-state index in [0.29, 0.717) is 13.1 Å². The average Bonchev–Trinajstić information content (AvgIpc) is 3.27. The molecule has 23 heavy (non-hydrogen) atoms. The molecule has 2 atom stereocenters. The summed E-state index contributed by atoms with van der Waals surface area (Å²) in [6.07, 6.45) is 3.71. The van der Waals surface area contributed by atoms with Gasteiger partial charge < -0.3 is 19.8 Å². The summed E-state index contributed by atoms with van der Waals surface area (Å²) in [5.41, 5.74) is 6.99. The van der Waals surface area contributed by atoms with Gasteiger partial charge in [-0.3, -0.25) is 4.79 Å². The topological polar surface area (TPSA) is 68.7 Å². The summed E-state index contributed by atoms with van der Waals surface area (Å²) in [4.78, 5) is 14.6. The second kappa shape index (κ2) is 7.44. The van der Waals surface area contributed by atoms with E-state index >= 15 is 0 Å². The van der Waals surface area contributed by atoms with Crippen molar-refractivity contribution in [2.45, 2.75) is 31.5 Å². The molecule has 1 saturated heterocycles. The van der Waals surface area contributed by atoms with E-state index in [-0.39, 0.29) is 12.0 Å². The van der Waals surface area contributed by atoms with Crippen molar-refractivity contribution in [3.8, 4) is 0 Å². The van der Waals surface area contributed by atoms with E-state index in [9.17, 15) is 4.79 Å². The molecular formula is C18H22N2O3. The number of hydrogen-bond donors (Lipinski definition) is 1. The van der Waals surface area contributed by atoms with Gasteiger partial charge in [0.1, 0.15) is 11.8 Å². The molecule has 2 heterocycles. The van der Waals surface area contributed by atoms with Gasteiger partial charge in [-0.15, -0.1) is 0 Å². The summed E-state index contributed by atoms with van der Waals surface area (Å²) in [5, 5.41) is 0. The number of carbonyl (C=O) groups is 1. The van der Waals surface area contributed by atoms with Crippen LogP contribution in [0.1, 0.15) is 30.2 Å². The van der Waals surface area contributed by atoms with Crippen molar-refractivity contribution < 1.29 is 13.9 Å². The molecule has 1 aromatic carbocycles. The van der Waals surface area contributed by atoms with E-state index in [2.05, 4.69) is 0 Å². The van der Waals surface area contributed by atoms with Crippen LogP contribution in [-0.2, 0) is 16.1 Å². The largest absolute Gasteiger partial charge is 0.467 e. The fourth-order valence-corrected chi connectivity index (χ4v) is 2.86. The first-order valence-electron chi connectivity index (χ1n) is 7.97. The minimum absolute atomic E-state index is 0.0804. The first-order chi connectivity index (χ1) is 11.2. The lowest BCUT2D eigenvalue weighted by atomic mass is 10.1. The third kappa shape index (κ3) is 4.00. The van der Waals surface area contributed by atoms with Gasteiger partial charge in [-0.25, -0.2) is 0 Å². The zero-order valence-electron chi connectivity index (χ0n) is 13.1. The van der Waals surface area contributed by atoms with Gasteiger partial charge in [0.2, 0.25) is 5.91 Å². The van der Waals surface area contributed by atoms with Crippen LogP contribution in [0.25, 0.3) is 0 Å². The third-order valence-corrected chi connectivity index (χ3v) is 4.11. The Kier molecular flexibility index (Phi) is 5.10. The predicted molar refractivity (Wildman–Crippen MR) is 86.5 cm³/mol. The van der Waals surface area contributed by atoms with Gasteiger partial charge in [0.25, 0.3) is 0 Å². The Labute approximate surface area is 136 Å². The first kappa shape index (κ1) is 15.8. The highest BCUT2D eigenvalue weighted by Gasteiger charge is 2.27. The van der Waals surface area contributed by atoms with Crippen LogP contribution < -0.4 is 5.73 Å². The smallest absolute Gasteiger partial charge is 0.244 e. The molecule has 122 valence electrons. The number of amides is 1. The predicted octanol–water partition coefficient (Wildman–Crippen LogP) is 2.49. The number of ether oxygens (including phenoxy) is 1. The molecule has 0 aliphatic carbocycles. The summed E-state index contributed by atoms with van der Waals surface area (Å²) in [6.45, 7) is 1.71. The molecule has 1 aliphatic heterocycles. The van der Waals surface area contributed by atoms with Crippen LogP contribution in [0.2, 0.25) is 0 Å². The molecule has 0 radical (unpaired) electrons. The molecule has 5 heteroatoms. The van der Waals surface area contributed by atoms with Crippen molar-refractivity contribution in [3.63, 3.8) is 0 Å². The number of nitrogens with two attached hydrogens (primary N) is 1. The fraction of sp³-hybridized carbons (Fsp3) is 0.389. The van der Waals surface area contributed by atoms with Crippen LogP contribution in [0.3, 0.4) is 0 Å². The molecule has 0 saturated carbocycles. The zero-order valence-corrected chi connectivity index (χ0v) is 13.1. The SMILES string of the molecule is N[C@@H](C(=O)N(Cc1ccco1)C[C@H]1CCCO1)c1ccccc1. The van der Waals surface area contributed by atoms with E-state index in [0.717, 1.165) is 30.8 Å². The van der Waals surface area contributed by atoms with Crippen molar-refractivity contribution in [1.82, 2.24) is 4.90 Å². The molecule has 0 bridgehead atoms. The van der Waals surface area contributed by atoms with Crippen molar-refractivity contribution in [1.29, 1.82) is 0 Å². The van der Waals surface area contributed by atoms with E-state index in [1.807, 2.05) is 42.5 Å². The van der Waals surface area contributed by atoms with Crippen LogP contribution in [-0.4, -0.2) is 30.1 Å². The second-order valence-electron chi connectivity index (χ2n) is 5.82. The highest BCUT2D eigenvalue weighted by molar-refractivity contribution is 5.83. The van der Waals surface area contributed by atoms with Gasteiger partial charge in [-0.2, -0.15) is 0 Å². The van der Waals surface area contributed by atoms with Gasteiger partial charge in [0.15, 0.2) is 0 Å². The van der Waals surface area contributed by atoms with E-state index in [1.165, 1.54) is 0 Å². The number of carbonyl (C=O) groups excluding carboxylic acids is 1. The maximum atomic E-state index is 12.9. The Hall–Kier alpha value is -2.11. The Morgan fingerprint density at radius 1 is 1.26 bits per heavy atom. The standard InChI is InChI=1S/C18H22N2O3/c19-17(14-6-2-1-3-7-14)18(21)20(12-15-8-4-10-22-15)13-16-9-5-11-23-16/h1-4,6-8,10,16-17H,5,9,11-13,19H2/t16-,17-/m1/s1. The van der Waals surface area contributed by atoms with Crippen molar-refractivity contribution >= 4 is 5.91 Å². The Bertz CT molecular complexity index is 606. The molecule has 1 amide bonds. The maximum Gasteiger partial charge on any atom is 0.244 e. The van der Waals surface area contributed by atoms with Crippen molar-refractivity contribution in [2.75, 3.05) is 13.2 Å². The minimum atomic E-state index is -0.674. The van der Waals surface area contributed by atoms with E-state index in [4.69, 9.17) is 14.9 Å². The van der Waals surface area contributed by atoms with Crippen molar-refractivity contribution in [3.05, 3.63) is 60.1 Å². The lowest BCUT2D eigenvalue weighted by molar-refractivity contribution is -0.135. The van der Waals surface area contributed by atoms with Crippen LogP contribution in [0.5, 0.6) is 0 Å². The number of benzene rings is 1. The summed E-state index contributed by atoms with van der Waals surface area (Å²) in [7, 11) is 0. The number of nitrogens with zero attached hydrogens (tertiary/aromatic N) is 1. The monoisotopic (exact) mass is 314 g/mol. The highest BCUT2D eigenvalue weighted by Crippen LogP contribution is 2.19. The van der Waals surface area contributed by atoms with Crippen molar-refractivity contribution in [2.24, 2.45) is 5.73 Å². The Morgan fingerprint density at radius 2 is 2.09 bits per heavy atom. The second-order valence-corrected chi connectivity index (χ2v) is 5.82. The summed E-state index contributed by atoms with van der Waals surface area (Å²) >= 11 is 0. The minimum Gasteiger partial charge on any atom is -0.467 e. The fourth-order valence-electron chi connectivity index (χ4n) is 2.86. The lowest BCUT2D eigenvalue weighted by Crippen LogP contribution is -2.42. The number of hydrogen-bond acceptors (Lipinski definition) is 4. The van der Waals surface area contributed by atoms with Gasteiger partial charge in [-0.05, 0) is 30.5 Å². The van der Waals surface area contributed by atoms with E-state index < -0.39 is 6.04 Å². The number of rotatable bonds is 6. The molecule has 3 rings (SSSR count). The third-order valence-electron chi connectivity index (χ3n) is 4.11. The zero-order chi connectivity index (χ0) is 16.1. The Balaban J connectivity index is 1.74. The highest BCUT2D eigenvalue weighted by atomic mass is 16.5. The molecule has 1 aliphatic rings.